The van der Waals surface area contributed by atoms with Crippen molar-refractivity contribution >= 4 is 28.9 Å². The summed E-state index contributed by atoms with van der Waals surface area (Å²) in [7, 11) is 0. The summed E-state index contributed by atoms with van der Waals surface area (Å²) in [6.07, 6.45) is 1.45. The zero-order valence-electron chi connectivity index (χ0n) is 8.11. The van der Waals surface area contributed by atoms with Crippen molar-refractivity contribution in [2.45, 2.75) is 0 Å². The van der Waals surface area contributed by atoms with Crippen molar-refractivity contribution in [3.05, 3.63) is 41.4 Å². The van der Waals surface area contributed by atoms with Gasteiger partial charge in [0.1, 0.15) is 12.0 Å². The maximum atomic E-state index is 5.74. The summed E-state index contributed by atoms with van der Waals surface area (Å²) in [5, 5.41) is 2.30. The second kappa shape index (κ2) is 4.56. The fourth-order valence-corrected chi connectivity index (χ4v) is 1.35. The number of nitrogens with zero attached hydrogens (tertiary/aromatic N) is 1. The summed E-state index contributed by atoms with van der Waals surface area (Å²) in [5.41, 5.74) is 5.44. The van der Waals surface area contributed by atoms with Crippen LogP contribution in [0.2, 0.25) is 5.02 Å². The molecule has 0 atom stereocenters. The summed E-state index contributed by atoms with van der Waals surface area (Å²) < 4.78 is 5.36. The van der Waals surface area contributed by atoms with Gasteiger partial charge < -0.3 is 4.74 Å². The van der Waals surface area contributed by atoms with E-state index >= 15 is 0 Å². The van der Waals surface area contributed by atoms with Gasteiger partial charge >= 0.3 is 0 Å². The standard InChI is InChI=1S/C9H9ClN4OS/c10-6-1-3-7(4-2-6)15-5-8-12-13-9(16)14(8)11/h1-5,12H,11H2,(H,13,16). The highest BCUT2D eigenvalue weighted by Gasteiger charge is 2.18. The average molecular weight is 257 g/mol. The molecule has 0 aliphatic carbocycles. The number of thiocarbonyl (C=S) groups is 1. The Hall–Kier alpha value is -1.50. The van der Waals surface area contributed by atoms with Gasteiger partial charge in [0.15, 0.2) is 5.82 Å². The zero-order valence-corrected chi connectivity index (χ0v) is 9.68. The molecular formula is C9H9ClN4OS. The van der Waals surface area contributed by atoms with Gasteiger partial charge in [-0.3, -0.25) is 10.9 Å². The highest BCUT2D eigenvalue weighted by Crippen LogP contribution is 2.16. The van der Waals surface area contributed by atoms with Crippen LogP contribution in [0.1, 0.15) is 0 Å². The molecule has 0 bridgehead atoms. The number of rotatable bonds is 2. The second-order valence-corrected chi connectivity index (χ2v) is 3.82. The van der Waals surface area contributed by atoms with E-state index in [0.29, 0.717) is 21.7 Å². The Morgan fingerprint density at radius 1 is 1.31 bits per heavy atom. The number of hydrazine groups is 2. The van der Waals surface area contributed by atoms with Gasteiger partial charge in [0.25, 0.3) is 0 Å². The number of nitrogens with two attached hydrogens (primary N) is 1. The number of hydrogen-bond donors (Lipinski definition) is 3. The highest BCUT2D eigenvalue weighted by molar-refractivity contribution is 7.80. The lowest BCUT2D eigenvalue weighted by molar-refractivity contribution is 0.438. The van der Waals surface area contributed by atoms with Crippen molar-refractivity contribution in [3.8, 4) is 5.75 Å². The van der Waals surface area contributed by atoms with E-state index in [4.69, 9.17) is 34.4 Å². The van der Waals surface area contributed by atoms with Crippen molar-refractivity contribution in [1.29, 1.82) is 0 Å². The van der Waals surface area contributed by atoms with Crippen LogP contribution in [-0.2, 0) is 0 Å². The van der Waals surface area contributed by atoms with E-state index in [1.54, 1.807) is 24.3 Å². The summed E-state index contributed by atoms with van der Waals surface area (Å²) in [6.45, 7) is 0. The third-order valence-corrected chi connectivity index (χ3v) is 2.45. The molecule has 16 heavy (non-hydrogen) atoms. The van der Waals surface area contributed by atoms with Crippen LogP contribution in [-0.4, -0.2) is 10.1 Å². The van der Waals surface area contributed by atoms with Crippen LogP contribution in [0, 0.1) is 0 Å². The van der Waals surface area contributed by atoms with E-state index in [9.17, 15) is 0 Å². The molecule has 1 saturated heterocycles. The monoisotopic (exact) mass is 256 g/mol. The zero-order chi connectivity index (χ0) is 11.5. The molecule has 7 heteroatoms. The van der Waals surface area contributed by atoms with Crippen LogP contribution >= 0.6 is 23.8 Å². The van der Waals surface area contributed by atoms with Gasteiger partial charge in [0.05, 0.1) is 0 Å². The minimum absolute atomic E-state index is 0.381. The second-order valence-electron chi connectivity index (χ2n) is 3.00. The van der Waals surface area contributed by atoms with Gasteiger partial charge in [0, 0.05) is 5.02 Å². The molecule has 0 saturated carbocycles. The Labute approximate surface area is 103 Å². The molecule has 5 nitrogen and oxygen atoms in total. The molecule has 4 N–H and O–H groups in total. The predicted octanol–water partition coefficient (Wildman–Crippen LogP) is 1.09. The van der Waals surface area contributed by atoms with Gasteiger partial charge in [0.2, 0.25) is 5.11 Å². The Bertz CT molecular complexity index is 434. The first-order valence-electron chi connectivity index (χ1n) is 4.40. The van der Waals surface area contributed by atoms with Gasteiger partial charge in [-0.1, -0.05) is 11.6 Å². The molecule has 0 aromatic heterocycles. The number of halogens is 1. The molecule has 1 aliphatic rings. The topological polar surface area (TPSA) is 62.5 Å². The first-order chi connectivity index (χ1) is 7.66. The molecule has 0 unspecified atom stereocenters. The third-order valence-electron chi connectivity index (χ3n) is 1.90. The lowest BCUT2D eigenvalue weighted by Gasteiger charge is -2.08. The molecule has 1 aromatic carbocycles. The summed E-state index contributed by atoms with van der Waals surface area (Å²) in [4.78, 5) is 0. The van der Waals surface area contributed by atoms with E-state index in [0.717, 1.165) is 0 Å². The SMILES string of the molecule is NN1C(=S)NNC1=COc1ccc(Cl)cc1. The average Bonchev–Trinajstić information content (AvgIpc) is 2.60. The summed E-state index contributed by atoms with van der Waals surface area (Å²) in [5.74, 6) is 6.79. The van der Waals surface area contributed by atoms with Crippen LogP contribution < -0.4 is 21.4 Å². The lowest BCUT2D eigenvalue weighted by Crippen LogP contribution is -2.33. The number of nitrogens with one attached hydrogen (secondary N) is 2. The lowest BCUT2D eigenvalue weighted by atomic mass is 10.3. The Kier molecular flexibility index (Phi) is 3.14. The normalized spacial score (nSPS) is 17.2. The number of hydrogen-bond acceptors (Lipinski definition) is 4. The van der Waals surface area contributed by atoms with Crippen molar-refractivity contribution in [1.82, 2.24) is 15.9 Å². The fourth-order valence-electron chi connectivity index (χ4n) is 1.07. The largest absolute Gasteiger partial charge is 0.461 e. The van der Waals surface area contributed by atoms with E-state index < -0.39 is 0 Å². The molecule has 84 valence electrons. The molecule has 0 radical (unpaired) electrons. The maximum Gasteiger partial charge on any atom is 0.208 e. The van der Waals surface area contributed by atoms with Crippen molar-refractivity contribution in [3.63, 3.8) is 0 Å². The molecule has 1 aliphatic heterocycles. The molecule has 2 rings (SSSR count). The third kappa shape index (κ3) is 2.35. The molecule has 1 fully saturated rings. The number of benzene rings is 1. The van der Waals surface area contributed by atoms with Crippen molar-refractivity contribution in [2.24, 2.45) is 5.84 Å². The van der Waals surface area contributed by atoms with E-state index in [-0.39, 0.29) is 0 Å². The molecule has 0 spiro atoms. The summed E-state index contributed by atoms with van der Waals surface area (Å²) >= 11 is 10.6. The van der Waals surface area contributed by atoms with Crippen molar-refractivity contribution in [2.75, 3.05) is 0 Å². The maximum absolute atomic E-state index is 5.74. The summed E-state index contributed by atoms with van der Waals surface area (Å²) in [6, 6.07) is 6.98. The van der Waals surface area contributed by atoms with E-state index in [1.165, 1.54) is 11.3 Å². The van der Waals surface area contributed by atoms with Gasteiger partial charge in [-0.05, 0) is 36.5 Å². The van der Waals surface area contributed by atoms with Crippen LogP contribution in [0.3, 0.4) is 0 Å². The predicted molar refractivity (Wildman–Crippen MR) is 65.1 cm³/mol. The van der Waals surface area contributed by atoms with Crippen LogP contribution in [0.5, 0.6) is 5.75 Å². The van der Waals surface area contributed by atoms with Crippen LogP contribution in [0.15, 0.2) is 36.3 Å². The fraction of sp³-hybridized carbons (Fsp3) is 0. The Morgan fingerprint density at radius 2 is 2.00 bits per heavy atom. The van der Waals surface area contributed by atoms with E-state index in [2.05, 4.69) is 10.9 Å². The molecular weight excluding hydrogens is 248 g/mol. The highest BCUT2D eigenvalue weighted by atomic mass is 35.5. The minimum Gasteiger partial charge on any atom is -0.461 e. The quantitative estimate of drug-likeness (QED) is 0.418. The van der Waals surface area contributed by atoms with E-state index in [1.807, 2.05) is 0 Å². The first kappa shape index (κ1) is 11.0. The van der Waals surface area contributed by atoms with Gasteiger partial charge in [-0.2, -0.15) is 0 Å². The Morgan fingerprint density at radius 3 is 2.56 bits per heavy atom. The minimum atomic E-state index is 0.381. The molecule has 0 amide bonds. The van der Waals surface area contributed by atoms with Crippen molar-refractivity contribution < 1.29 is 4.74 Å². The number of ether oxygens (including phenoxy) is 1. The van der Waals surface area contributed by atoms with Crippen LogP contribution in [0.25, 0.3) is 0 Å². The molecule has 1 aromatic rings. The van der Waals surface area contributed by atoms with Crippen LogP contribution in [0.4, 0.5) is 0 Å². The molecule has 1 heterocycles. The smallest absolute Gasteiger partial charge is 0.208 e. The van der Waals surface area contributed by atoms with Gasteiger partial charge in [-0.15, -0.1) is 0 Å². The Balaban J connectivity index is 2.04. The first-order valence-corrected chi connectivity index (χ1v) is 5.18. The van der Waals surface area contributed by atoms with Gasteiger partial charge in [-0.25, -0.2) is 10.9 Å².